The number of hydrogen-bond donors (Lipinski definition) is 2. The van der Waals surface area contributed by atoms with Crippen LogP contribution in [0.3, 0.4) is 0 Å². The van der Waals surface area contributed by atoms with E-state index in [1.54, 1.807) is 11.1 Å². The molecule has 14 heavy (non-hydrogen) atoms. The summed E-state index contributed by atoms with van der Waals surface area (Å²) in [6.07, 6.45) is 3.96. The number of hydrogen-bond acceptors (Lipinski definition) is 2. The molecule has 0 unspecified atom stereocenters. The maximum Gasteiger partial charge on any atom is 0.271 e. The standard InChI is InChI=1S/C9H10.H4N2O2S/c1-2-5-9-7-3-6-8(9)4-1;1-5(2,3)4/h1-2,4-5H,3,6-7H2;(H4,1,2,3,4). The van der Waals surface area contributed by atoms with E-state index >= 15 is 0 Å². The molecule has 0 amide bonds. The summed E-state index contributed by atoms with van der Waals surface area (Å²) in [5.41, 5.74) is 3.13. The van der Waals surface area contributed by atoms with Crippen LogP contribution < -0.4 is 10.3 Å². The Labute approximate surface area is 84.1 Å². The van der Waals surface area contributed by atoms with Gasteiger partial charge < -0.3 is 0 Å². The lowest BCUT2D eigenvalue weighted by molar-refractivity contribution is 0.599. The number of fused-ring (bicyclic) bond motifs is 1. The molecule has 1 aromatic rings. The second-order valence-corrected chi connectivity index (χ2v) is 4.39. The zero-order valence-electron chi connectivity index (χ0n) is 7.81. The lowest BCUT2D eigenvalue weighted by Gasteiger charge is -1.93. The van der Waals surface area contributed by atoms with Crippen LogP contribution in [0.5, 0.6) is 0 Å². The first-order chi connectivity index (χ1) is 6.47. The van der Waals surface area contributed by atoms with Gasteiger partial charge in [-0.2, -0.15) is 8.42 Å². The van der Waals surface area contributed by atoms with Crippen molar-refractivity contribution in [1.29, 1.82) is 0 Å². The highest BCUT2D eigenvalue weighted by Gasteiger charge is 2.07. The van der Waals surface area contributed by atoms with E-state index in [2.05, 4.69) is 34.5 Å². The van der Waals surface area contributed by atoms with Gasteiger partial charge in [-0.15, -0.1) is 0 Å². The number of aryl methyl sites for hydroxylation is 2. The fourth-order valence-electron chi connectivity index (χ4n) is 1.51. The zero-order valence-corrected chi connectivity index (χ0v) is 8.63. The van der Waals surface area contributed by atoms with Crippen molar-refractivity contribution >= 4 is 10.2 Å². The van der Waals surface area contributed by atoms with Crippen LogP contribution in [0.15, 0.2) is 24.3 Å². The van der Waals surface area contributed by atoms with Crippen molar-refractivity contribution in [3.05, 3.63) is 35.4 Å². The summed E-state index contributed by atoms with van der Waals surface area (Å²) in [4.78, 5) is 0. The van der Waals surface area contributed by atoms with E-state index in [0.29, 0.717) is 0 Å². The van der Waals surface area contributed by atoms with Crippen molar-refractivity contribution in [3.63, 3.8) is 0 Å². The first-order valence-electron chi connectivity index (χ1n) is 4.34. The Hall–Kier alpha value is -0.910. The molecule has 1 aliphatic carbocycles. The third-order valence-electron chi connectivity index (χ3n) is 2.01. The average Bonchev–Trinajstić information content (AvgIpc) is 2.47. The maximum absolute atomic E-state index is 9.19. The predicted octanol–water partition coefficient (Wildman–Crippen LogP) is 0.324. The van der Waals surface area contributed by atoms with Crippen LogP contribution in [-0.4, -0.2) is 8.42 Å². The van der Waals surface area contributed by atoms with Gasteiger partial charge in [0.1, 0.15) is 0 Å². The van der Waals surface area contributed by atoms with Gasteiger partial charge in [-0.05, 0) is 30.4 Å². The minimum Gasteiger partial charge on any atom is -0.216 e. The third kappa shape index (κ3) is 4.36. The lowest BCUT2D eigenvalue weighted by atomic mass is 10.1. The third-order valence-corrected chi connectivity index (χ3v) is 2.01. The van der Waals surface area contributed by atoms with Crippen molar-refractivity contribution in [1.82, 2.24) is 0 Å². The van der Waals surface area contributed by atoms with Crippen LogP contribution in [0.1, 0.15) is 17.5 Å². The van der Waals surface area contributed by atoms with Gasteiger partial charge in [-0.3, -0.25) is 0 Å². The summed E-state index contributed by atoms with van der Waals surface area (Å²) in [5, 5.41) is 8.21. The zero-order chi connectivity index (χ0) is 10.6. The van der Waals surface area contributed by atoms with E-state index in [1.807, 2.05) is 0 Å². The van der Waals surface area contributed by atoms with Crippen LogP contribution in [0, 0.1) is 0 Å². The minimum absolute atomic E-state index is 1.30. The maximum atomic E-state index is 9.19. The van der Waals surface area contributed by atoms with Crippen molar-refractivity contribution in [3.8, 4) is 0 Å². The number of nitrogens with two attached hydrogens (primary N) is 2. The minimum atomic E-state index is -3.67. The monoisotopic (exact) mass is 214 g/mol. The van der Waals surface area contributed by atoms with E-state index in [-0.39, 0.29) is 0 Å². The molecule has 0 spiro atoms. The van der Waals surface area contributed by atoms with Gasteiger partial charge in [0, 0.05) is 0 Å². The average molecular weight is 214 g/mol. The van der Waals surface area contributed by atoms with Gasteiger partial charge in [0.2, 0.25) is 0 Å². The molecule has 1 aliphatic rings. The fraction of sp³-hybridized carbons (Fsp3) is 0.333. The summed E-state index contributed by atoms with van der Waals surface area (Å²) < 4.78 is 18.4. The Morgan fingerprint density at radius 3 is 1.71 bits per heavy atom. The van der Waals surface area contributed by atoms with Gasteiger partial charge in [0.25, 0.3) is 10.2 Å². The van der Waals surface area contributed by atoms with Gasteiger partial charge in [-0.25, -0.2) is 10.3 Å². The summed E-state index contributed by atoms with van der Waals surface area (Å²) in [5.74, 6) is 0. The molecule has 0 fully saturated rings. The second-order valence-electron chi connectivity index (χ2n) is 3.21. The van der Waals surface area contributed by atoms with Gasteiger partial charge in [0.05, 0.1) is 0 Å². The molecule has 4 N–H and O–H groups in total. The molecule has 0 saturated carbocycles. The van der Waals surface area contributed by atoms with Crippen LogP contribution in [-0.2, 0) is 23.1 Å². The normalized spacial score (nSPS) is 14.1. The van der Waals surface area contributed by atoms with Gasteiger partial charge >= 0.3 is 0 Å². The summed E-state index contributed by atoms with van der Waals surface area (Å²) in [7, 11) is -3.67. The molecule has 5 heteroatoms. The Bertz CT molecular complexity index is 370. The summed E-state index contributed by atoms with van der Waals surface area (Å²) in [6.45, 7) is 0. The Balaban J connectivity index is 0.000000171. The molecule has 78 valence electrons. The summed E-state index contributed by atoms with van der Waals surface area (Å²) in [6, 6.07) is 8.74. The smallest absolute Gasteiger partial charge is 0.216 e. The SMILES string of the molecule is NS(N)(=O)=O.c1ccc2c(c1)CCC2. The molecule has 0 radical (unpaired) electrons. The quantitative estimate of drug-likeness (QED) is 0.651. The number of rotatable bonds is 0. The highest BCUT2D eigenvalue weighted by atomic mass is 32.2. The highest BCUT2D eigenvalue weighted by molar-refractivity contribution is 7.86. The summed E-state index contributed by atoms with van der Waals surface area (Å²) >= 11 is 0. The topological polar surface area (TPSA) is 86.2 Å². The van der Waals surface area contributed by atoms with Crippen LogP contribution in [0.2, 0.25) is 0 Å². The van der Waals surface area contributed by atoms with Crippen LogP contribution in [0.25, 0.3) is 0 Å². The van der Waals surface area contributed by atoms with E-state index in [1.165, 1.54) is 19.3 Å². The van der Waals surface area contributed by atoms with Gasteiger partial charge in [-0.1, -0.05) is 24.3 Å². The van der Waals surface area contributed by atoms with E-state index in [0.717, 1.165) is 0 Å². The Kier molecular flexibility index (Phi) is 3.62. The Morgan fingerprint density at radius 2 is 1.36 bits per heavy atom. The predicted molar refractivity (Wildman–Crippen MR) is 55.8 cm³/mol. The van der Waals surface area contributed by atoms with Crippen molar-refractivity contribution in [2.24, 2.45) is 10.3 Å². The molecule has 0 bridgehead atoms. The molecule has 0 saturated heterocycles. The molecule has 2 rings (SSSR count). The molecule has 0 heterocycles. The van der Waals surface area contributed by atoms with Crippen LogP contribution in [0.4, 0.5) is 0 Å². The number of benzene rings is 1. The second kappa shape index (κ2) is 4.54. The van der Waals surface area contributed by atoms with Crippen molar-refractivity contribution in [2.45, 2.75) is 19.3 Å². The molecule has 4 nitrogen and oxygen atoms in total. The van der Waals surface area contributed by atoms with E-state index < -0.39 is 10.2 Å². The lowest BCUT2D eigenvalue weighted by Crippen LogP contribution is -2.21. The largest absolute Gasteiger partial charge is 0.271 e. The highest BCUT2D eigenvalue weighted by Crippen LogP contribution is 2.20. The first-order valence-corrected chi connectivity index (χ1v) is 5.95. The molecular formula is C9H14N2O2S. The molecular weight excluding hydrogens is 200 g/mol. The fourth-order valence-corrected chi connectivity index (χ4v) is 1.51. The van der Waals surface area contributed by atoms with Gasteiger partial charge in [0.15, 0.2) is 0 Å². The van der Waals surface area contributed by atoms with E-state index in [4.69, 9.17) is 0 Å². The molecule has 1 aromatic carbocycles. The van der Waals surface area contributed by atoms with Crippen molar-refractivity contribution < 1.29 is 8.42 Å². The van der Waals surface area contributed by atoms with Crippen molar-refractivity contribution in [2.75, 3.05) is 0 Å². The first kappa shape index (κ1) is 11.2. The molecule has 0 atom stereocenters. The molecule has 0 aliphatic heterocycles. The van der Waals surface area contributed by atoms with E-state index in [9.17, 15) is 8.42 Å². The molecule has 0 aromatic heterocycles. The van der Waals surface area contributed by atoms with Crippen LogP contribution >= 0.6 is 0 Å². The Morgan fingerprint density at radius 1 is 1.00 bits per heavy atom.